The number of benzene rings is 1. The Balaban J connectivity index is 3.39. The number of thiol groups is 1. The Bertz CT molecular complexity index is 642. The lowest BCUT2D eigenvalue weighted by atomic mass is 9.94. The van der Waals surface area contributed by atoms with E-state index in [9.17, 15) is 4.57 Å². The molecule has 0 N–H and O–H groups in total. The average molecular weight is 432 g/mol. The lowest BCUT2D eigenvalue weighted by molar-refractivity contribution is -0.264. The molecule has 0 bridgehead atoms. The van der Waals surface area contributed by atoms with Gasteiger partial charge in [-0.05, 0) is 64.7 Å². The second-order valence-electron chi connectivity index (χ2n) is 8.95. The van der Waals surface area contributed by atoms with Gasteiger partial charge in [-0.1, -0.05) is 32.9 Å². The first-order chi connectivity index (χ1) is 12.8. The maximum Gasteiger partial charge on any atom is 0.350 e. The predicted molar refractivity (Wildman–Crippen MR) is 119 cm³/mol. The topological polar surface area (TPSA) is 48.0 Å². The van der Waals surface area contributed by atoms with E-state index in [4.69, 9.17) is 13.9 Å². The molecule has 28 heavy (non-hydrogen) atoms. The van der Waals surface area contributed by atoms with Crippen molar-refractivity contribution in [1.82, 2.24) is 5.06 Å². The molecule has 1 aromatic carbocycles. The molecule has 162 valence electrons. The van der Waals surface area contributed by atoms with Gasteiger partial charge in [-0.2, -0.15) is 5.06 Å². The summed E-state index contributed by atoms with van der Waals surface area (Å²) in [4.78, 5) is 7.34. The fraction of sp³-hybridized carbons (Fsp3) is 0.714. The van der Waals surface area contributed by atoms with Crippen molar-refractivity contribution >= 4 is 20.2 Å². The Morgan fingerprint density at radius 3 is 1.82 bits per heavy atom. The predicted octanol–water partition coefficient (Wildman–Crippen LogP) is 6.71. The maximum absolute atomic E-state index is 13.8. The van der Waals surface area contributed by atoms with E-state index in [0.717, 1.165) is 10.5 Å². The first kappa shape index (κ1) is 25.7. The Hall–Kier alpha value is -0.360. The molecule has 2 unspecified atom stereocenters. The quantitative estimate of drug-likeness (QED) is 0.268. The molecule has 5 nitrogen and oxygen atoms in total. The van der Waals surface area contributed by atoms with Crippen LogP contribution in [0.5, 0.6) is 0 Å². The highest BCUT2D eigenvalue weighted by Crippen LogP contribution is 2.61. The summed E-state index contributed by atoms with van der Waals surface area (Å²) in [6, 6.07) is 7.85. The van der Waals surface area contributed by atoms with Crippen molar-refractivity contribution < 1.29 is 18.5 Å². The molecule has 0 heterocycles. The van der Waals surface area contributed by atoms with Gasteiger partial charge < -0.3 is 9.05 Å². The molecule has 1 aromatic rings. The number of nitrogens with zero attached hydrogens (tertiary/aromatic N) is 1. The lowest BCUT2D eigenvalue weighted by Crippen LogP contribution is -2.53. The van der Waals surface area contributed by atoms with Gasteiger partial charge in [-0.15, -0.1) is 12.6 Å². The van der Waals surface area contributed by atoms with Crippen LogP contribution in [0.3, 0.4) is 0 Å². The van der Waals surface area contributed by atoms with Crippen LogP contribution in [-0.2, 0) is 18.5 Å². The minimum absolute atomic E-state index is 0.241. The van der Waals surface area contributed by atoms with Crippen molar-refractivity contribution in [2.75, 3.05) is 13.2 Å². The van der Waals surface area contributed by atoms with E-state index < -0.39 is 24.3 Å². The Kier molecular flexibility index (Phi) is 9.26. The van der Waals surface area contributed by atoms with Crippen molar-refractivity contribution in [2.45, 2.75) is 84.6 Å². The van der Waals surface area contributed by atoms with Gasteiger partial charge >= 0.3 is 7.60 Å². The Morgan fingerprint density at radius 2 is 1.46 bits per heavy atom. The molecule has 0 radical (unpaired) electrons. The molecular weight excluding hydrogens is 393 g/mol. The highest BCUT2D eigenvalue weighted by Gasteiger charge is 2.51. The Morgan fingerprint density at radius 1 is 1.00 bits per heavy atom. The van der Waals surface area contributed by atoms with E-state index in [2.05, 4.69) is 12.6 Å². The van der Waals surface area contributed by atoms with Crippen LogP contribution in [0.1, 0.15) is 74.0 Å². The minimum atomic E-state index is -3.47. The number of rotatable bonds is 9. The third-order valence-corrected chi connectivity index (χ3v) is 7.33. The summed E-state index contributed by atoms with van der Waals surface area (Å²) in [5, 5.41) is 1.82. The molecule has 7 heteroatoms. The zero-order chi connectivity index (χ0) is 21.8. The summed E-state index contributed by atoms with van der Waals surface area (Å²) in [5.41, 5.74) is 0.170. The van der Waals surface area contributed by atoms with E-state index in [1.54, 1.807) is 0 Å². The summed E-state index contributed by atoms with van der Waals surface area (Å²) in [5.74, 6) is -0.577. The highest BCUT2D eigenvalue weighted by atomic mass is 32.1. The normalized spacial score (nSPS) is 15.7. The van der Waals surface area contributed by atoms with Gasteiger partial charge in [0.15, 0.2) is 0 Å². The van der Waals surface area contributed by atoms with Crippen molar-refractivity contribution in [2.24, 2.45) is 5.41 Å². The number of hydrogen-bond donors (Lipinski definition) is 1. The first-order valence-corrected chi connectivity index (χ1v) is 12.0. The molecule has 0 saturated carbocycles. The van der Waals surface area contributed by atoms with Gasteiger partial charge in [0.1, 0.15) is 11.9 Å². The third-order valence-electron chi connectivity index (χ3n) is 4.21. The summed E-state index contributed by atoms with van der Waals surface area (Å²) in [7, 11) is -3.47. The standard InChI is InChI=1S/C21H38NO4PS/c1-10-24-27(23,25-11-2)19(20(4,5)6)22(21(7,8)9)26-16(3)17-12-14-18(28)15-13-17/h12-16,19,28H,10-11H2,1-9H3. The number of hydroxylamine groups is 2. The smallest absolute Gasteiger partial charge is 0.308 e. The summed E-state index contributed by atoms with van der Waals surface area (Å²) in [6.45, 7) is 18.5. The fourth-order valence-corrected chi connectivity index (χ4v) is 5.88. The minimum Gasteiger partial charge on any atom is -0.308 e. The molecular formula is C21H38NO4PS. The average Bonchev–Trinajstić information content (AvgIpc) is 2.53. The van der Waals surface area contributed by atoms with E-state index in [1.807, 2.05) is 91.6 Å². The van der Waals surface area contributed by atoms with Crippen LogP contribution < -0.4 is 0 Å². The molecule has 0 fully saturated rings. The van der Waals surface area contributed by atoms with E-state index in [1.165, 1.54) is 0 Å². The van der Waals surface area contributed by atoms with E-state index >= 15 is 0 Å². The third kappa shape index (κ3) is 6.86. The molecule has 0 aliphatic rings. The van der Waals surface area contributed by atoms with Crippen LogP contribution in [0.15, 0.2) is 29.2 Å². The zero-order valence-electron chi connectivity index (χ0n) is 18.9. The molecule has 0 saturated heterocycles. The van der Waals surface area contributed by atoms with Crippen LogP contribution in [0.25, 0.3) is 0 Å². The Labute approximate surface area is 177 Å². The maximum atomic E-state index is 13.8. The van der Waals surface area contributed by atoms with Gasteiger partial charge in [0.05, 0.1) is 13.2 Å². The molecule has 0 aromatic heterocycles. The molecule has 0 aliphatic carbocycles. The second kappa shape index (κ2) is 10.1. The van der Waals surface area contributed by atoms with Crippen molar-refractivity contribution in [1.29, 1.82) is 0 Å². The van der Waals surface area contributed by atoms with E-state index in [0.29, 0.717) is 13.2 Å². The SMILES string of the molecule is CCOP(=O)(OCC)C(N(OC(C)c1ccc(S)cc1)C(C)(C)C)C(C)(C)C. The molecule has 0 amide bonds. The zero-order valence-corrected chi connectivity index (χ0v) is 20.6. The monoisotopic (exact) mass is 431 g/mol. The number of hydrogen-bond acceptors (Lipinski definition) is 6. The summed E-state index contributed by atoms with van der Waals surface area (Å²) in [6.07, 6.45) is -0.241. The van der Waals surface area contributed by atoms with Gasteiger partial charge in [-0.25, -0.2) is 0 Å². The lowest BCUT2D eigenvalue weighted by Gasteiger charge is -2.48. The summed E-state index contributed by atoms with van der Waals surface area (Å²) >= 11 is 4.35. The van der Waals surface area contributed by atoms with Gasteiger partial charge in [-0.3, -0.25) is 9.40 Å². The fourth-order valence-electron chi connectivity index (χ4n) is 3.05. The van der Waals surface area contributed by atoms with Crippen LogP contribution >= 0.6 is 20.2 Å². The molecule has 0 spiro atoms. The first-order valence-electron chi connectivity index (χ1n) is 9.90. The largest absolute Gasteiger partial charge is 0.350 e. The van der Waals surface area contributed by atoms with Crippen LogP contribution in [0, 0.1) is 5.41 Å². The van der Waals surface area contributed by atoms with Crippen molar-refractivity contribution in [3.05, 3.63) is 29.8 Å². The van der Waals surface area contributed by atoms with E-state index in [-0.39, 0.29) is 6.10 Å². The molecule has 2 atom stereocenters. The van der Waals surface area contributed by atoms with Gasteiger partial charge in [0.25, 0.3) is 0 Å². The summed E-state index contributed by atoms with van der Waals surface area (Å²) < 4.78 is 25.3. The van der Waals surface area contributed by atoms with Crippen LogP contribution in [-0.4, -0.2) is 29.6 Å². The van der Waals surface area contributed by atoms with Gasteiger partial charge in [0, 0.05) is 10.4 Å². The highest BCUT2D eigenvalue weighted by molar-refractivity contribution is 7.80. The van der Waals surface area contributed by atoms with Crippen LogP contribution in [0.2, 0.25) is 0 Å². The second-order valence-corrected chi connectivity index (χ2v) is 11.6. The van der Waals surface area contributed by atoms with Crippen LogP contribution in [0.4, 0.5) is 0 Å². The molecule has 0 aliphatic heterocycles. The van der Waals surface area contributed by atoms with Gasteiger partial charge in [0.2, 0.25) is 0 Å². The molecule has 1 rings (SSSR count). The van der Waals surface area contributed by atoms with Crippen molar-refractivity contribution in [3.63, 3.8) is 0 Å². The van der Waals surface area contributed by atoms with Crippen molar-refractivity contribution in [3.8, 4) is 0 Å².